The fourth-order valence-electron chi connectivity index (χ4n) is 8.14. The molecular formula is C48H28BNO4. The highest BCUT2D eigenvalue weighted by Crippen LogP contribution is 2.45. The first-order valence-corrected chi connectivity index (χ1v) is 17.8. The normalized spacial score (nSPS) is 11.9. The molecule has 11 rings (SSSR count). The first-order valence-electron chi connectivity index (χ1n) is 17.8. The third kappa shape index (κ3) is 4.53. The second-order valence-electron chi connectivity index (χ2n) is 13.6. The highest BCUT2D eigenvalue weighted by Gasteiger charge is 2.21. The Morgan fingerprint density at radius 1 is 0.500 bits per heavy atom. The highest BCUT2D eigenvalue weighted by atomic mass is 16.5. The minimum Gasteiger partial charge on any atom is -0.507 e. The summed E-state index contributed by atoms with van der Waals surface area (Å²) in [7, 11) is 6.79. The average Bonchev–Trinajstić information content (AvgIpc) is 3.88. The standard InChI is InChI=1S/C48H28BNO4/c49-37-16-10-19-40(50-38-17-5-1-12-33(38)34-13-2-6-18-39(34)50)48(37)52-30-26-28(31-11-3-7-20-41(31)51)25-29(27-30)32-15-9-22-43-45(32)46-44(53-43)24-23-36-35-14-4-8-21-42(35)54-47(36)46/h1-27,51H. The molecule has 8 aromatic carbocycles. The van der Waals surface area contributed by atoms with Crippen LogP contribution in [0.25, 0.3) is 93.6 Å². The Kier molecular flexibility index (Phi) is 6.58. The van der Waals surface area contributed by atoms with Gasteiger partial charge in [-0.1, -0.05) is 103 Å². The van der Waals surface area contributed by atoms with Gasteiger partial charge in [0.25, 0.3) is 0 Å². The predicted octanol–water partition coefficient (Wildman–Crippen LogP) is 12.2. The molecule has 0 saturated heterocycles. The van der Waals surface area contributed by atoms with Crippen LogP contribution in [0.5, 0.6) is 17.2 Å². The van der Waals surface area contributed by atoms with Crippen LogP contribution >= 0.6 is 0 Å². The number of ether oxygens (including phenoxy) is 1. The van der Waals surface area contributed by atoms with E-state index in [1.54, 1.807) is 6.07 Å². The molecule has 2 radical (unpaired) electrons. The Morgan fingerprint density at radius 3 is 1.93 bits per heavy atom. The van der Waals surface area contributed by atoms with Gasteiger partial charge in [0, 0.05) is 32.5 Å². The number of fused-ring (bicyclic) bond motifs is 10. The lowest BCUT2D eigenvalue weighted by molar-refractivity contribution is 0.477. The molecule has 0 atom stereocenters. The number of rotatable bonds is 5. The maximum absolute atomic E-state index is 11.1. The molecule has 0 spiro atoms. The zero-order valence-corrected chi connectivity index (χ0v) is 28.8. The molecule has 0 bridgehead atoms. The van der Waals surface area contributed by atoms with E-state index in [0.717, 1.165) is 88.1 Å². The third-order valence-electron chi connectivity index (χ3n) is 10.5. The van der Waals surface area contributed by atoms with Gasteiger partial charge in [0.15, 0.2) is 0 Å². The first kappa shape index (κ1) is 30.5. The predicted molar refractivity (Wildman–Crippen MR) is 220 cm³/mol. The van der Waals surface area contributed by atoms with E-state index in [1.807, 2.05) is 97.1 Å². The largest absolute Gasteiger partial charge is 0.507 e. The molecule has 0 saturated carbocycles. The fraction of sp³-hybridized carbons (Fsp3) is 0. The van der Waals surface area contributed by atoms with Gasteiger partial charge in [0.05, 0.1) is 22.1 Å². The summed E-state index contributed by atoms with van der Waals surface area (Å²) in [6, 6.07) is 54.2. The number of furan rings is 2. The van der Waals surface area contributed by atoms with Crippen molar-refractivity contribution in [2.75, 3.05) is 0 Å². The summed E-state index contributed by atoms with van der Waals surface area (Å²) in [5.41, 5.74) is 9.77. The Balaban J connectivity index is 1.16. The minimum absolute atomic E-state index is 0.168. The molecule has 1 N–H and O–H groups in total. The number of benzene rings is 8. The Hall–Kier alpha value is -7.18. The molecule has 6 heteroatoms. The van der Waals surface area contributed by atoms with Crippen molar-refractivity contribution in [3.63, 3.8) is 0 Å². The lowest BCUT2D eigenvalue weighted by Crippen LogP contribution is -2.10. The summed E-state index contributed by atoms with van der Waals surface area (Å²) in [4.78, 5) is 0. The van der Waals surface area contributed by atoms with Crippen LogP contribution in [0.2, 0.25) is 0 Å². The Morgan fingerprint density at radius 2 is 1.13 bits per heavy atom. The van der Waals surface area contributed by atoms with E-state index in [2.05, 4.69) is 65.2 Å². The smallest absolute Gasteiger partial charge is 0.147 e. The first-order chi connectivity index (χ1) is 26.6. The fourth-order valence-corrected chi connectivity index (χ4v) is 8.14. The zero-order valence-electron chi connectivity index (χ0n) is 28.8. The van der Waals surface area contributed by atoms with Gasteiger partial charge in [0.1, 0.15) is 47.4 Å². The summed E-state index contributed by atoms with van der Waals surface area (Å²) in [6.45, 7) is 0. The van der Waals surface area contributed by atoms with Crippen LogP contribution in [0, 0.1) is 0 Å². The van der Waals surface area contributed by atoms with Crippen LogP contribution in [0.1, 0.15) is 0 Å². The second-order valence-corrected chi connectivity index (χ2v) is 13.6. The van der Waals surface area contributed by atoms with Gasteiger partial charge in [0.2, 0.25) is 0 Å². The molecule has 252 valence electrons. The number of phenolic OH excluding ortho intramolecular Hbond substituents is 1. The number of para-hydroxylation sites is 5. The van der Waals surface area contributed by atoms with Crippen molar-refractivity contribution in [1.29, 1.82) is 0 Å². The summed E-state index contributed by atoms with van der Waals surface area (Å²) < 4.78 is 22.2. The lowest BCUT2D eigenvalue weighted by Gasteiger charge is -2.18. The summed E-state index contributed by atoms with van der Waals surface area (Å²) in [5, 5.41) is 17.3. The van der Waals surface area contributed by atoms with Crippen molar-refractivity contribution in [1.82, 2.24) is 4.57 Å². The van der Waals surface area contributed by atoms with Crippen molar-refractivity contribution < 1.29 is 18.7 Å². The Bertz CT molecular complexity index is 3240. The topological polar surface area (TPSA) is 60.7 Å². The highest BCUT2D eigenvalue weighted by molar-refractivity contribution is 6.34. The molecule has 3 aromatic heterocycles. The van der Waals surface area contributed by atoms with E-state index >= 15 is 0 Å². The molecule has 3 heterocycles. The van der Waals surface area contributed by atoms with Crippen molar-refractivity contribution >= 4 is 79.0 Å². The van der Waals surface area contributed by atoms with Crippen molar-refractivity contribution in [2.24, 2.45) is 0 Å². The summed E-state index contributed by atoms with van der Waals surface area (Å²) in [5.74, 6) is 1.26. The molecule has 0 aliphatic heterocycles. The van der Waals surface area contributed by atoms with Crippen LogP contribution < -0.4 is 10.2 Å². The van der Waals surface area contributed by atoms with Crippen LogP contribution in [-0.2, 0) is 0 Å². The van der Waals surface area contributed by atoms with Gasteiger partial charge in [-0.15, -0.1) is 0 Å². The number of hydrogen-bond donors (Lipinski definition) is 1. The minimum atomic E-state index is 0.168. The number of hydrogen-bond acceptors (Lipinski definition) is 4. The van der Waals surface area contributed by atoms with Crippen LogP contribution in [0.3, 0.4) is 0 Å². The number of phenols is 1. The Labute approximate surface area is 310 Å². The van der Waals surface area contributed by atoms with Gasteiger partial charge in [-0.3, -0.25) is 0 Å². The third-order valence-corrected chi connectivity index (χ3v) is 10.5. The van der Waals surface area contributed by atoms with E-state index < -0.39 is 0 Å². The maximum Gasteiger partial charge on any atom is 0.147 e. The SMILES string of the molecule is [B]c1cccc(-n2c3ccccc3c3ccccc32)c1Oc1cc(-c2ccccc2O)cc(-c2cccc3oc4ccc5c6ccccc6oc5c4c23)c1. The number of aromatic hydroxyl groups is 1. The van der Waals surface area contributed by atoms with Crippen molar-refractivity contribution in [2.45, 2.75) is 0 Å². The van der Waals surface area contributed by atoms with Gasteiger partial charge in [-0.2, -0.15) is 0 Å². The van der Waals surface area contributed by atoms with Crippen LogP contribution in [0.15, 0.2) is 173 Å². The molecule has 0 unspecified atom stereocenters. The van der Waals surface area contributed by atoms with Crippen LogP contribution in [-0.4, -0.2) is 17.5 Å². The van der Waals surface area contributed by atoms with Crippen molar-refractivity contribution in [3.8, 4) is 45.2 Å². The number of aromatic nitrogens is 1. The zero-order chi connectivity index (χ0) is 35.9. The summed E-state index contributed by atoms with van der Waals surface area (Å²) in [6.07, 6.45) is 0. The van der Waals surface area contributed by atoms with Crippen molar-refractivity contribution in [3.05, 3.63) is 164 Å². The maximum atomic E-state index is 11.1. The average molecular weight is 694 g/mol. The summed E-state index contributed by atoms with van der Waals surface area (Å²) >= 11 is 0. The van der Waals surface area contributed by atoms with Gasteiger partial charge in [-0.25, -0.2) is 0 Å². The molecular weight excluding hydrogens is 665 g/mol. The molecule has 54 heavy (non-hydrogen) atoms. The van der Waals surface area contributed by atoms with Gasteiger partial charge in [-0.05, 0) is 83.4 Å². The lowest BCUT2D eigenvalue weighted by atomic mass is 9.93. The molecule has 0 aliphatic carbocycles. The van der Waals surface area contributed by atoms with E-state index in [9.17, 15) is 5.11 Å². The van der Waals surface area contributed by atoms with E-state index in [0.29, 0.717) is 22.5 Å². The van der Waals surface area contributed by atoms with Gasteiger partial charge < -0.3 is 23.2 Å². The molecule has 0 aliphatic rings. The van der Waals surface area contributed by atoms with E-state index in [-0.39, 0.29) is 5.75 Å². The monoisotopic (exact) mass is 693 g/mol. The van der Waals surface area contributed by atoms with Crippen LogP contribution in [0.4, 0.5) is 0 Å². The second kappa shape index (κ2) is 11.7. The number of nitrogens with zero attached hydrogens (tertiary/aromatic N) is 1. The van der Waals surface area contributed by atoms with E-state index in [4.69, 9.17) is 21.4 Å². The molecule has 0 fully saturated rings. The van der Waals surface area contributed by atoms with E-state index in [1.165, 1.54) is 0 Å². The molecule has 0 amide bonds. The molecule has 11 aromatic rings. The molecule has 5 nitrogen and oxygen atoms in total. The van der Waals surface area contributed by atoms with Gasteiger partial charge >= 0.3 is 0 Å². The quantitative estimate of drug-likeness (QED) is 0.182.